The molecule has 0 aliphatic carbocycles. The van der Waals surface area contributed by atoms with Crippen LogP contribution in [-0.4, -0.2) is 21.4 Å². The van der Waals surface area contributed by atoms with Crippen molar-refractivity contribution in [2.45, 2.75) is 6.92 Å². The quantitative estimate of drug-likeness (QED) is 0.822. The summed E-state index contributed by atoms with van der Waals surface area (Å²) in [4.78, 5) is 0. The number of hydrogen-bond donors (Lipinski definition) is 2. The molecule has 0 radical (unpaired) electrons. The van der Waals surface area contributed by atoms with E-state index in [1.165, 1.54) is 16.7 Å². The fraction of sp³-hybridized carbons (Fsp3) is 0.200. The Morgan fingerprint density at radius 3 is 2.88 bits per heavy atom. The maximum Gasteiger partial charge on any atom is 0.225 e. The van der Waals surface area contributed by atoms with E-state index in [9.17, 15) is 4.39 Å². The zero-order valence-electron chi connectivity index (χ0n) is 9.11. The van der Waals surface area contributed by atoms with Crippen LogP contribution >= 0.6 is 12.2 Å². The van der Waals surface area contributed by atoms with Crippen molar-refractivity contribution in [3.63, 3.8) is 0 Å². The highest BCUT2D eigenvalue weighted by Crippen LogP contribution is 2.21. The van der Waals surface area contributed by atoms with Crippen molar-refractivity contribution in [2.24, 2.45) is 0 Å². The van der Waals surface area contributed by atoms with Gasteiger partial charge in [-0.1, -0.05) is 0 Å². The lowest BCUT2D eigenvalue weighted by molar-refractivity contribution is 0.321. The molecule has 0 spiro atoms. The number of nitrogens with two attached hydrogens (primary N) is 1. The average Bonchev–Trinajstić information content (AvgIpc) is 2.62. The van der Waals surface area contributed by atoms with Crippen LogP contribution in [0, 0.1) is 10.6 Å². The molecule has 0 saturated heterocycles. The van der Waals surface area contributed by atoms with Crippen molar-refractivity contribution in [2.75, 3.05) is 12.3 Å². The van der Waals surface area contributed by atoms with E-state index in [-0.39, 0.29) is 11.7 Å². The lowest BCUT2D eigenvalue weighted by atomic mass is 10.3. The molecule has 17 heavy (non-hydrogen) atoms. The first-order valence-corrected chi connectivity index (χ1v) is 5.40. The molecule has 2 rings (SSSR count). The molecule has 0 aliphatic heterocycles. The molecule has 1 heterocycles. The molecule has 3 N–H and O–H groups in total. The molecule has 1 aromatic heterocycles. The minimum absolute atomic E-state index is 0.179. The Bertz CT molecular complexity index is 592. The number of H-pyrrole nitrogens is 1. The summed E-state index contributed by atoms with van der Waals surface area (Å²) in [6.07, 6.45) is 0. The van der Waals surface area contributed by atoms with E-state index in [0.29, 0.717) is 17.1 Å². The molecular weight excluding hydrogens is 243 g/mol. The fourth-order valence-corrected chi connectivity index (χ4v) is 1.70. The van der Waals surface area contributed by atoms with E-state index in [0.717, 1.165) is 0 Å². The maximum absolute atomic E-state index is 13.6. The number of aromatic amines is 1. The van der Waals surface area contributed by atoms with Gasteiger partial charge in [-0.2, -0.15) is 0 Å². The van der Waals surface area contributed by atoms with Crippen LogP contribution in [0.3, 0.4) is 0 Å². The molecular formula is C10H11FN4OS. The lowest BCUT2D eigenvalue weighted by Gasteiger charge is -2.07. The fourth-order valence-electron chi connectivity index (χ4n) is 1.46. The summed E-state index contributed by atoms with van der Waals surface area (Å²) >= 11 is 4.99. The minimum Gasteiger partial charge on any atom is -0.491 e. The minimum atomic E-state index is -0.466. The molecule has 0 atom stereocenters. The number of halogens is 1. The van der Waals surface area contributed by atoms with Crippen LogP contribution in [0.5, 0.6) is 5.75 Å². The zero-order valence-corrected chi connectivity index (χ0v) is 9.92. The second-order valence-corrected chi connectivity index (χ2v) is 3.66. The number of nitrogen functional groups attached to an aromatic ring is 1. The molecule has 0 unspecified atom stereocenters. The molecule has 2 aromatic rings. The summed E-state index contributed by atoms with van der Waals surface area (Å²) in [7, 11) is 0. The second-order valence-electron chi connectivity index (χ2n) is 3.27. The second kappa shape index (κ2) is 4.54. The number of nitrogens with zero attached hydrogens (tertiary/aromatic N) is 2. The smallest absolute Gasteiger partial charge is 0.225 e. The normalized spacial score (nSPS) is 10.5. The summed E-state index contributed by atoms with van der Waals surface area (Å²) in [5.41, 5.74) is 6.12. The zero-order chi connectivity index (χ0) is 12.4. The summed E-state index contributed by atoms with van der Waals surface area (Å²) < 4.78 is 20.5. The van der Waals surface area contributed by atoms with Crippen LogP contribution in [-0.2, 0) is 0 Å². The number of ether oxygens (including phenoxy) is 1. The van der Waals surface area contributed by atoms with E-state index < -0.39 is 5.82 Å². The van der Waals surface area contributed by atoms with Crippen LogP contribution in [0.25, 0.3) is 5.69 Å². The van der Waals surface area contributed by atoms with Gasteiger partial charge >= 0.3 is 0 Å². The first kappa shape index (κ1) is 11.6. The van der Waals surface area contributed by atoms with E-state index >= 15 is 0 Å². The molecule has 5 nitrogen and oxygen atoms in total. The number of aromatic nitrogens is 3. The van der Waals surface area contributed by atoms with Gasteiger partial charge in [0.2, 0.25) is 10.7 Å². The van der Waals surface area contributed by atoms with Crippen molar-refractivity contribution in [3.8, 4) is 11.4 Å². The van der Waals surface area contributed by atoms with Crippen LogP contribution in [0.15, 0.2) is 18.2 Å². The topological polar surface area (TPSA) is 68.9 Å². The number of anilines is 1. The van der Waals surface area contributed by atoms with E-state index in [1.54, 1.807) is 13.0 Å². The van der Waals surface area contributed by atoms with Crippen molar-refractivity contribution < 1.29 is 9.13 Å². The van der Waals surface area contributed by atoms with Gasteiger partial charge in [-0.3, -0.25) is 4.57 Å². The number of benzene rings is 1. The van der Waals surface area contributed by atoms with E-state index in [2.05, 4.69) is 10.2 Å². The summed E-state index contributed by atoms with van der Waals surface area (Å²) in [6, 6.07) is 4.49. The van der Waals surface area contributed by atoms with Crippen molar-refractivity contribution in [1.82, 2.24) is 14.8 Å². The van der Waals surface area contributed by atoms with Crippen molar-refractivity contribution >= 4 is 18.2 Å². The predicted octanol–water partition coefficient (Wildman–Crippen LogP) is 2.05. The van der Waals surface area contributed by atoms with E-state index in [4.69, 9.17) is 22.7 Å². The molecule has 0 saturated carbocycles. The third-order valence-electron chi connectivity index (χ3n) is 2.17. The first-order valence-electron chi connectivity index (χ1n) is 4.99. The Hall–Kier alpha value is -1.89. The van der Waals surface area contributed by atoms with Gasteiger partial charge in [0.1, 0.15) is 0 Å². The largest absolute Gasteiger partial charge is 0.491 e. The molecule has 0 aliphatic rings. The van der Waals surface area contributed by atoms with Gasteiger partial charge in [0.15, 0.2) is 11.6 Å². The number of nitrogens with one attached hydrogen (secondary N) is 1. The Morgan fingerprint density at radius 1 is 1.59 bits per heavy atom. The predicted molar refractivity (Wildman–Crippen MR) is 64.3 cm³/mol. The Labute approximate surface area is 102 Å². The molecule has 7 heteroatoms. The number of hydrogen-bond acceptors (Lipinski definition) is 4. The van der Waals surface area contributed by atoms with Gasteiger partial charge in [0.05, 0.1) is 12.3 Å². The molecule has 0 amide bonds. The highest BCUT2D eigenvalue weighted by atomic mass is 32.1. The van der Waals surface area contributed by atoms with Gasteiger partial charge in [0.25, 0.3) is 0 Å². The van der Waals surface area contributed by atoms with E-state index in [1.807, 2.05) is 0 Å². The summed E-state index contributed by atoms with van der Waals surface area (Å²) in [5, 5.41) is 6.28. The van der Waals surface area contributed by atoms with Gasteiger partial charge in [0, 0.05) is 6.07 Å². The average molecular weight is 254 g/mol. The highest BCUT2D eigenvalue weighted by molar-refractivity contribution is 7.71. The molecule has 0 bridgehead atoms. The van der Waals surface area contributed by atoms with Crippen molar-refractivity contribution in [3.05, 3.63) is 28.8 Å². The Balaban J connectivity index is 2.48. The van der Waals surface area contributed by atoms with Gasteiger partial charge in [-0.25, -0.2) is 9.49 Å². The number of rotatable bonds is 3. The molecule has 1 aromatic carbocycles. The monoisotopic (exact) mass is 254 g/mol. The lowest BCUT2D eigenvalue weighted by Crippen LogP contribution is -2.02. The Morgan fingerprint density at radius 2 is 2.35 bits per heavy atom. The summed E-state index contributed by atoms with van der Waals surface area (Å²) in [5.74, 6) is -0.0877. The first-order chi connectivity index (χ1) is 8.13. The third kappa shape index (κ3) is 2.14. The maximum atomic E-state index is 13.6. The summed E-state index contributed by atoms with van der Waals surface area (Å²) in [6.45, 7) is 2.20. The van der Waals surface area contributed by atoms with Crippen LogP contribution in [0.2, 0.25) is 0 Å². The highest BCUT2D eigenvalue weighted by Gasteiger charge is 2.09. The van der Waals surface area contributed by atoms with Crippen LogP contribution in [0.4, 0.5) is 10.3 Å². The standard InChI is InChI=1S/C10H11FN4OS/c1-2-16-8-4-3-6(5-7(8)11)15-9(12)13-14-10(15)17/h3-5H,2H2,1H3,(H2,12,13)(H,14,17). The van der Waals surface area contributed by atoms with Crippen LogP contribution < -0.4 is 10.5 Å². The molecule has 0 fully saturated rings. The Kier molecular flexibility index (Phi) is 3.10. The van der Waals surface area contributed by atoms with Gasteiger partial charge < -0.3 is 10.5 Å². The van der Waals surface area contributed by atoms with Gasteiger partial charge in [-0.05, 0) is 31.3 Å². The van der Waals surface area contributed by atoms with Crippen LogP contribution in [0.1, 0.15) is 6.92 Å². The van der Waals surface area contributed by atoms with Gasteiger partial charge in [-0.15, -0.1) is 5.10 Å². The third-order valence-corrected chi connectivity index (χ3v) is 2.45. The molecule has 90 valence electrons. The van der Waals surface area contributed by atoms with Crippen molar-refractivity contribution in [1.29, 1.82) is 0 Å². The SMILES string of the molecule is CCOc1ccc(-n2c(N)n[nH]c2=S)cc1F.